The third kappa shape index (κ3) is 5.69. The molecule has 2 aromatic rings. The molecule has 2 rings (SSSR count). The Morgan fingerprint density at radius 3 is 2.24 bits per heavy atom. The van der Waals surface area contributed by atoms with E-state index in [0.717, 1.165) is 12.2 Å². The fourth-order valence-electron chi connectivity index (χ4n) is 2.33. The zero-order chi connectivity index (χ0) is 18.1. The van der Waals surface area contributed by atoms with Crippen molar-refractivity contribution in [3.05, 3.63) is 48.0 Å². The molecule has 25 heavy (non-hydrogen) atoms. The third-order valence-corrected chi connectivity index (χ3v) is 3.72. The van der Waals surface area contributed by atoms with E-state index in [0.29, 0.717) is 23.7 Å². The van der Waals surface area contributed by atoms with Crippen LogP contribution in [-0.2, 0) is 11.2 Å². The SMILES string of the molecule is COc1ccc(CCNCC(=O)Nc2cc(OC)ccc2OC)cc1. The smallest absolute Gasteiger partial charge is 0.238 e. The molecule has 0 aliphatic rings. The number of hydrogen-bond donors (Lipinski definition) is 2. The second kappa shape index (κ2) is 9.54. The first-order valence-electron chi connectivity index (χ1n) is 8.01. The van der Waals surface area contributed by atoms with E-state index in [2.05, 4.69) is 10.6 Å². The monoisotopic (exact) mass is 344 g/mol. The van der Waals surface area contributed by atoms with Gasteiger partial charge in [0.05, 0.1) is 33.6 Å². The number of carbonyl (C=O) groups is 1. The van der Waals surface area contributed by atoms with Gasteiger partial charge in [-0.15, -0.1) is 0 Å². The predicted molar refractivity (Wildman–Crippen MR) is 97.7 cm³/mol. The fourth-order valence-corrected chi connectivity index (χ4v) is 2.33. The highest BCUT2D eigenvalue weighted by Gasteiger charge is 2.08. The van der Waals surface area contributed by atoms with E-state index in [9.17, 15) is 4.79 Å². The zero-order valence-electron chi connectivity index (χ0n) is 14.8. The molecule has 0 atom stereocenters. The number of rotatable bonds is 9. The van der Waals surface area contributed by atoms with Gasteiger partial charge in [-0.2, -0.15) is 0 Å². The van der Waals surface area contributed by atoms with Crippen molar-refractivity contribution in [1.29, 1.82) is 0 Å². The third-order valence-electron chi connectivity index (χ3n) is 3.72. The molecule has 0 aliphatic carbocycles. The maximum atomic E-state index is 12.1. The van der Waals surface area contributed by atoms with Crippen molar-refractivity contribution in [2.75, 3.05) is 39.7 Å². The molecule has 0 aliphatic heterocycles. The molecule has 0 saturated carbocycles. The summed E-state index contributed by atoms with van der Waals surface area (Å²) < 4.78 is 15.5. The summed E-state index contributed by atoms with van der Waals surface area (Å²) in [7, 11) is 4.78. The van der Waals surface area contributed by atoms with Gasteiger partial charge in [-0.1, -0.05) is 12.1 Å². The number of carbonyl (C=O) groups excluding carboxylic acids is 1. The average molecular weight is 344 g/mol. The van der Waals surface area contributed by atoms with Crippen LogP contribution in [0, 0.1) is 0 Å². The molecule has 6 heteroatoms. The summed E-state index contributed by atoms with van der Waals surface area (Å²) in [5.41, 5.74) is 1.77. The lowest BCUT2D eigenvalue weighted by atomic mass is 10.1. The summed E-state index contributed by atoms with van der Waals surface area (Å²) in [5.74, 6) is 1.94. The van der Waals surface area contributed by atoms with Gasteiger partial charge in [0.15, 0.2) is 0 Å². The quantitative estimate of drug-likeness (QED) is 0.684. The van der Waals surface area contributed by atoms with Crippen LogP contribution in [0.5, 0.6) is 17.2 Å². The van der Waals surface area contributed by atoms with Crippen LogP contribution in [0.1, 0.15) is 5.56 Å². The fraction of sp³-hybridized carbons (Fsp3) is 0.316. The lowest BCUT2D eigenvalue weighted by molar-refractivity contribution is -0.115. The van der Waals surface area contributed by atoms with Gasteiger partial charge in [0.1, 0.15) is 17.2 Å². The van der Waals surface area contributed by atoms with Gasteiger partial charge >= 0.3 is 0 Å². The van der Waals surface area contributed by atoms with E-state index in [1.165, 1.54) is 5.56 Å². The molecule has 2 N–H and O–H groups in total. The van der Waals surface area contributed by atoms with E-state index in [1.807, 2.05) is 24.3 Å². The number of nitrogens with one attached hydrogen (secondary N) is 2. The Bertz CT molecular complexity index is 686. The van der Waals surface area contributed by atoms with Crippen LogP contribution in [0.3, 0.4) is 0 Å². The Hall–Kier alpha value is -2.73. The highest BCUT2D eigenvalue weighted by molar-refractivity contribution is 5.93. The van der Waals surface area contributed by atoms with Crippen molar-refractivity contribution in [2.24, 2.45) is 0 Å². The van der Waals surface area contributed by atoms with Crippen molar-refractivity contribution in [2.45, 2.75) is 6.42 Å². The lowest BCUT2D eigenvalue weighted by Gasteiger charge is -2.12. The van der Waals surface area contributed by atoms with Crippen LogP contribution in [0.15, 0.2) is 42.5 Å². The van der Waals surface area contributed by atoms with E-state index < -0.39 is 0 Å². The molecule has 0 spiro atoms. The maximum Gasteiger partial charge on any atom is 0.238 e. The molecule has 0 aromatic heterocycles. The predicted octanol–water partition coefficient (Wildman–Crippen LogP) is 2.48. The number of hydrogen-bond acceptors (Lipinski definition) is 5. The average Bonchev–Trinajstić information content (AvgIpc) is 2.65. The molecule has 0 heterocycles. The van der Waals surface area contributed by atoms with Gasteiger partial charge in [-0.25, -0.2) is 0 Å². The van der Waals surface area contributed by atoms with Crippen LogP contribution < -0.4 is 24.8 Å². The highest BCUT2D eigenvalue weighted by atomic mass is 16.5. The summed E-state index contributed by atoms with van der Waals surface area (Å²) >= 11 is 0. The van der Waals surface area contributed by atoms with E-state index in [1.54, 1.807) is 39.5 Å². The maximum absolute atomic E-state index is 12.1. The zero-order valence-corrected chi connectivity index (χ0v) is 14.8. The summed E-state index contributed by atoms with van der Waals surface area (Å²) in [6, 6.07) is 13.2. The van der Waals surface area contributed by atoms with Crippen molar-refractivity contribution >= 4 is 11.6 Å². The Morgan fingerprint density at radius 1 is 0.920 bits per heavy atom. The minimum Gasteiger partial charge on any atom is -0.497 e. The molecular weight excluding hydrogens is 320 g/mol. The second-order valence-electron chi connectivity index (χ2n) is 5.39. The summed E-state index contributed by atoms with van der Waals surface area (Å²) in [6.07, 6.45) is 0.833. The standard InChI is InChI=1S/C19H24N2O4/c1-23-15-6-4-14(5-7-15)10-11-20-13-19(22)21-17-12-16(24-2)8-9-18(17)25-3/h4-9,12,20H,10-11,13H2,1-3H3,(H,21,22). The molecule has 6 nitrogen and oxygen atoms in total. The van der Waals surface area contributed by atoms with Gasteiger partial charge in [0.2, 0.25) is 5.91 Å². The topological polar surface area (TPSA) is 68.8 Å². The normalized spacial score (nSPS) is 10.2. The van der Waals surface area contributed by atoms with Crippen LogP contribution >= 0.6 is 0 Å². The van der Waals surface area contributed by atoms with Crippen molar-refractivity contribution < 1.29 is 19.0 Å². The van der Waals surface area contributed by atoms with Gasteiger partial charge in [-0.3, -0.25) is 4.79 Å². The Kier molecular flexibility index (Phi) is 7.10. The van der Waals surface area contributed by atoms with E-state index >= 15 is 0 Å². The molecule has 0 radical (unpaired) electrons. The number of methoxy groups -OCH3 is 3. The molecule has 0 fully saturated rings. The molecule has 1 amide bonds. The van der Waals surface area contributed by atoms with Crippen LogP contribution in [-0.4, -0.2) is 40.3 Å². The largest absolute Gasteiger partial charge is 0.497 e. The molecule has 2 aromatic carbocycles. The van der Waals surface area contributed by atoms with E-state index in [4.69, 9.17) is 14.2 Å². The number of ether oxygens (including phenoxy) is 3. The van der Waals surface area contributed by atoms with Gasteiger partial charge in [0, 0.05) is 6.07 Å². The number of anilines is 1. The van der Waals surface area contributed by atoms with Crippen LogP contribution in [0.2, 0.25) is 0 Å². The molecule has 134 valence electrons. The highest BCUT2D eigenvalue weighted by Crippen LogP contribution is 2.28. The summed E-state index contributed by atoms with van der Waals surface area (Å²) in [5, 5.41) is 5.96. The summed E-state index contributed by atoms with van der Waals surface area (Å²) in [4.78, 5) is 12.1. The van der Waals surface area contributed by atoms with Crippen LogP contribution in [0.4, 0.5) is 5.69 Å². The second-order valence-corrected chi connectivity index (χ2v) is 5.39. The van der Waals surface area contributed by atoms with Crippen molar-refractivity contribution in [3.63, 3.8) is 0 Å². The van der Waals surface area contributed by atoms with Crippen LogP contribution in [0.25, 0.3) is 0 Å². The Labute approximate surface area is 148 Å². The van der Waals surface area contributed by atoms with Gasteiger partial charge < -0.3 is 24.8 Å². The molecule has 0 saturated heterocycles. The number of amides is 1. The molecule has 0 unspecified atom stereocenters. The van der Waals surface area contributed by atoms with Crippen molar-refractivity contribution in [1.82, 2.24) is 5.32 Å². The molecular formula is C19H24N2O4. The first-order chi connectivity index (χ1) is 12.2. The number of benzene rings is 2. The van der Waals surface area contributed by atoms with Crippen molar-refractivity contribution in [3.8, 4) is 17.2 Å². The first-order valence-corrected chi connectivity index (χ1v) is 8.01. The van der Waals surface area contributed by atoms with Gasteiger partial charge in [0.25, 0.3) is 0 Å². The van der Waals surface area contributed by atoms with Gasteiger partial charge in [-0.05, 0) is 42.8 Å². The lowest BCUT2D eigenvalue weighted by Crippen LogP contribution is -2.29. The van der Waals surface area contributed by atoms with E-state index in [-0.39, 0.29) is 12.5 Å². The summed E-state index contributed by atoms with van der Waals surface area (Å²) in [6.45, 7) is 0.922. The minimum atomic E-state index is -0.138. The Morgan fingerprint density at radius 2 is 1.60 bits per heavy atom. The Balaban J connectivity index is 1.78. The minimum absolute atomic E-state index is 0.138. The first kappa shape index (κ1) is 18.6. The molecule has 0 bridgehead atoms.